The molecule has 0 atom stereocenters. The zero-order valence-electron chi connectivity index (χ0n) is 15.0. The van der Waals surface area contributed by atoms with E-state index in [0.29, 0.717) is 17.0 Å². The molecule has 0 spiro atoms. The first-order valence-corrected chi connectivity index (χ1v) is 9.38. The van der Waals surface area contributed by atoms with Crippen LogP contribution >= 0.6 is 11.3 Å². The lowest BCUT2D eigenvalue weighted by atomic mass is 10.1. The lowest BCUT2D eigenvalue weighted by Gasteiger charge is -2.11. The molecule has 0 aliphatic carbocycles. The number of para-hydroxylation sites is 1. The number of nitrogens with one attached hydrogen (secondary N) is 1. The lowest BCUT2D eigenvalue weighted by molar-refractivity contribution is 0.102. The summed E-state index contributed by atoms with van der Waals surface area (Å²) in [7, 11) is 1.59. The number of anilines is 1. The Bertz CT molecular complexity index is 1080. The minimum absolute atomic E-state index is 0.172. The molecule has 1 N–H and O–H groups in total. The molecule has 0 fully saturated rings. The normalized spacial score (nSPS) is 10.7. The zero-order valence-corrected chi connectivity index (χ0v) is 15.8. The maximum absolute atomic E-state index is 12.6. The molecule has 0 saturated heterocycles. The molecular formula is C22H18N2O2S. The van der Waals surface area contributed by atoms with Gasteiger partial charge in [0.2, 0.25) is 0 Å². The van der Waals surface area contributed by atoms with Gasteiger partial charge in [0.25, 0.3) is 5.91 Å². The number of rotatable bonds is 4. The van der Waals surface area contributed by atoms with E-state index in [4.69, 9.17) is 9.72 Å². The van der Waals surface area contributed by atoms with Gasteiger partial charge in [-0.25, -0.2) is 4.98 Å². The smallest absolute Gasteiger partial charge is 0.255 e. The van der Waals surface area contributed by atoms with E-state index in [2.05, 4.69) is 11.4 Å². The molecule has 4 nitrogen and oxygen atoms in total. The Hall–Kier alpha value is -3.18. The largest absolute Gasteiger partial charge is 0.495 e. The number of thiazole rings is 1. The van der Waals surface area contributed by atoms with Crippen molar-refractivity contribution in [1.29, 1.82) is 0 Å². The number of carbonyl (C=O) groups is 1. The van der Waals surface area contributed by atoms with Crippen molar-refractivity contribution in [2.75, 3.05) is 12.4 Å². The van der Waals surface area contributed by atoms with Gasteiger partial charge < -0.3 is 10.1 Å². The molecule has 134 valence electrons. The molecule has 3 aromatic carbocycles. The molecular weight excluding hydrogens is 356 g/mol. The monoisotopic (exact) mass is 374 g/mol. The van der Waals surface area contributed by atoms with Crippen LogP contribution in [0.5, 0.6) is 5.75 Å². The summed E-state index contributed by atoms with van der Waals surface area (Å²) in [6.07, 6.45) is 0. The van der Waals surface area contributed by atoms with Gasteiger partial charge in [-0.3, -0.25) is 4.79 Å². The maximum Gasteiger partial charge on any atom is 0.255 e. The van der Waals surface area contributed by atoms with Crippen LogP contribution in [0.15, 0.2) is 66.7 Å². The zero-order chi connectivity index (χ0) is 18.8. The molecule has 27 heavy (non-hydrogen) atoms. The molecule has 1 heterocycles. The molecule has 0 radical (unpaired) electrons. The summed E-state index contributed by atoms with van der Waals surface area (Å²) in [6, 6.07) is 21.2. The minimum atomic E-state index is -0.172. The van der Waals surface area contributed by atoms with Crippen LogP contribution in [0.25, 0.3) is 20.8 Å². The Balaban J connectivity index is 1.68. The van der Waals surface area contributed by atoms with E-state index in [9.17, 15) is 4.79 Å². The van der Waals surface area contributed by atoms with Crippen molar-refractivity contribution < 1.29 is 9.53 Å². The SMILES string of the molecule is COc1ccc(-c2nc3ccccc3s2)cc1NC(=O)c1ccc(C)cc1. The first kappa shape index (κ1) is 17.2. The molecule has 1 amide bonds. The quantitative estimate of drug-likeness (QED) is 0.511. The number of fused-ring (bicyclic) bond motifs is 1. The van der Waals surface area contributed by atoms with Crippen LogP contribution in [0.1, 0.15) is 15.9 Å². The summed E-state index contributed by atoms with van der Waals surface area (Å²) in [4.78, 5) is 17.3. The van der Waals surface area contributed by atoms with E-state index in [0.717, 1.165) is 26.4 Å². The number of ether oxygens (including phenoxy) is 1. The van der Waals surface area contributed by atoms with Crippen molar-refractivity contribution in [3.63, 3.8) is 0 Å². The van der Waals surface area contributed by atoms with Crippen LogP contribution in [0.4, 0.5) is 5.69 Å². The molecule has 4 aromatic rings. The third-order valence-corrected chi connectivity index (χ3v) is 5.39. The highest BCUT2D eigenvalue weighted by Gasteiger charge is 2.13. The van der Waals surface area contributed by atoms with Crippen LogP contribution in [0, 0.1) is 6.92 Å². The predicted octanol–water partition coefficient (Wildman–Crippen LogP) is 5.53. The van der Waals surface area contributed by atoms with Crippen molar-refractivity contribution in [2.24, 2.45) is 0 Å². The van der Waals surface area contributed by atoms with Gasteiger partial charge >= 0.3 is 0 Å². The molecule has 5 heteroatoms. The number of amides is 1. The number of nitrogens with zero attached hydrogens (tertiary/aromatic N) is 1. The van der Waals surface area contributed by atoms with E-state index in [-0.39, 0.29) is 5.91 Å². The fourth-order valence-corrected chi connectivity index (χ4v) is 3.80. The van der Waals surface area contributed by atoms with Gasteiger partial charge in [-0.2, -0.15) is 0 Å². The van der Waals surface area contributed by atoms with Gasteiger partial charge in [-0.15, -0.1) is 11.3 Å². The van der Waals surface area contributed by atoms with Crippen molar-refractivity contribution in [2.45, 2.75) is 6.92 Å². The fraction of sp³-hybridized carbons (Fsp3) is 0.0909. The second kappa shape index (κ2) is 7.21. The van der Waals surface area contributed by atoms with E-state index >= 15 is 0 Å². The van der Waals surface area contributed by atoms with Crippen LogP contribution in [0.3, 0.4) is 0 Å². The molecule has 0 saturated carbocycles. The topological polar surface area (TPSA) is 51.2 Å². The van der Waals surface area contributed by atoms with Crippen LogP contribution < -0.4 is 10.1 Å². The van der Waals surface area contributed by atoms with Gasteiger partial charge in [0.05, 0.1) is 23.0 Å². The van der Waals surface area contributed by atoms with Crippen molar-refractivity contribution in [1.82, 2.24) is 4.98 Å². The third-order valence-electron chi connectivity index (χ3n) is 4.30. The molecule has 4 rings (SSSR count). The average Bonchev–Trinajstić information content (AvgIpc) is 3.12. The number of carbonyl (C=O) groups excluding carboxylic acids is 1. The third kappa shape index (κ3) is 3.55. The minimum Gasteiger partial charge on any atom is -0.495 e. The summed E-state index contributed by atoms with van der Waals surface area (Å²) in [5.74, 6) is 0.440. The second-order valence-corrected chi connectivity index (χ2v) is 7.25. The average molecular weight is 374 g/mol. The van der Waals surface area contributed by atoms with E-state index in [1.165, 1.54) is 0 Å². The second-order valence-electron chi connectivity index (χ2n) is 6.22. The highest BCUT2D eigenvalue weighted by Crippen LogP contribution is 2.35. The molecule has 0 aliphatic heterocycles. The van der Waals surface area contributed by atoms with Crippen LogP contribution in [-0.4, -0.2) is 18.0 Å². The van der Waals surface area contributed by atoms with Gasteiger partial charge in [-0.1, -0.05) is 29.8 Å². The van der Waals surface area contributed by atoms with Gasteiger partial charge in [0.15, 0.2) is 0 Å². The predicted molar refractivity (Wildman–Crippen MR) is 111 cm³/mol. The first-order chi connectivity index (χ1) is 13.1. The van der Waals surface area contributed by atoms with Gasteiger partial charge in [-0.05, 0) is 49.4 Å². The Labute approximate surface area is 161 Å². The number of methoxy groups -OCH3 is 1. The fourth-order valence-electron chi connectivity index (χ4n) is 2.83. The summed E-state index contributed by atoms with van der Waals surface area (Å²) in [6.45, 7) is 1.99. The Morgan fingerprint density at radius 3 is 2.56 bits per heavy atom. The molecule has 1 aromatic heterocycles. The van der Waals surface area contributed by atoms with E-state index in [1.54, 1.807) is 18.4 Å². The molecule has 0 unspecified atom stereocenters. The van der Waals surface area contributed by atoms with Crippen molar-refractivity contribution >= 4 is 33.1 Å². The number of benzene rings is 3. The van der Waals surface area contributed by atoms with Gasteiger partial charge in [0, 0.05) is 11.1 Å². The van der Waals surface area contributed by atoms with Gasteiger partial charge in [0.1, 0.15) is 10.8 Å². The summed E-state index contributed by atoms with van der Waals surface area (Å²) in [5.41, 5.74) is 4.25. The summed E-state index contributed by atoms with van der Waals surface area (Å²) >= 11 is 1.62. The Morgan fingerprint density at radius 2 is 1.81 bits per heavy atom. The van der Waals surface area contributed by atoms with E-state index < -0.39 is 0 Å². The Morgan fingerprint density at radius 1 is 1.04 bits per heavy atom. The summed E-state index contributed by atoms with van der Waals surface area (Å²) < 4.78 is 6.55. The van der Waals surface area contributed by atoms with Crippen LogP contribution in [0.2, 0.25) is 0 Å². The van der Waals surface area contributed by atoms with Crippen LogP contribution in [-0.2, 0) is 0 Å². The van der Waals surface area contributed by atoms with Crippen molar-refractivity contribution in [3.05, 3.63) is 77.9 Å². The lowest BCUT2D eigenvalue weighted by Crippen LogP contribution is -2.12. The number of aromatic nitrogens is 1. The highest BCUT2D eigenvalue weighted by molar-refractivity contribution is 7.21. The number of aryl methyl sites for hydroxylation is 1. The standard InChI is InChI=1S/C22H18N2O2S/c1-14-7-9-15(10-8-14)21(25)23-18-13-16(11-12-19(18)26-2)22-24-17-5-3-4-6-20(17)27-22/h3-13H,1-2H3,(H,23,25). The highest BCUT2D eigenvalue weighted by atomic mass is 32.1. The molecule has 0 aliphatic rings. The Kier molecular flexibility index (Phi) is 4.60. The van der Waals surface area contributed by atoms with Crippen molar-refractivity contribution in [3.8, 4) is 16.3 Å². The first-order valence-electron chi connectivity index (χ1n) is 8.56. The number of hydrogen-bond donors (Lipinski definition) is 1. The molecule has 0 bridgehead atoms. The van der Waals surface area contributed by atoms with E-state index in [1.807, 2.05) is 67.6 Å². The summed E-state index contributed by atoms with van der Waals surface area (Å²) in [5, 5.41) is 3.86. The number of hydrogen-bond acceptors (Lipinski definition) is 4. The maximum atomic E-state index is 12.6.